The fourth-order valence-electron chi connectivity index (χ4n) is 4.80. The van der Waals surface area contributed by atoms with E-state index in [-0.39, 0.29) is 11.8 Å². The molecule has 3 aromatic rings. The number of fused-ring (bicyclic) bond motifs is 1. The van der Waals surface area contributed by atoms with Crippen LogP contribution in [0.3, 0.4) is 0 Å². The van der Waals surface area contributed by atoms with Crippen molar-refractivity contribution in [2.45, 2.75) is 38.1 Å². The van der Waals surface area contributed by atoms with E-state index in [4.69, 9.17) is 9.40 Å². The summed E-state index contributed by atoms with van der Waals surface area (Å²) in [6.45, 7) is 4.51. The van der Waals surface area contributed by atoms with Crippen LogP contribution >= 0.6 is 0 Å². The number of amides is 1. The predicted molar refractivity (Wildman–Crippen MR) is 112 cm³/mol. The molecule has 0 saturated carbocycles. The molecule has 0 radical (unpaired) electrons. The average molecular weight is 393 g/mol. The van der Waals surface area contributed by atoms with Crippen molar-refractivity contribution in [3.8, 4) is 0 Å². The minimum atomic E-state index is 0.00105. The van der Waals surface area contributed by atoms with Crippen molar-refractivity contribution in [1.29, 1.82) is 0 Å². The molecule has 4 heterocycles. The van der Waals surface area contributed by atoms with Crippen LogP contribution in [0, 0.1) is 0 Å². The first-order chi connectivity index (χ1) is 14.2. The molecule has 1 aromatic carbocycles. The number of hydrogen-bond donors (Lipinski definition) is 0. The third-order valence-electron chi connectivity index (χ3n) is 6.35. The van der Waals surface area contributed by atoms with Crippen molar-refractivity contribution in [2.24, 2.45) is 7.05 Å². The van der Waals surface area contributed by atoms with E-state index < -0.39 is 0 Å². The third-order valence-corrected chi connectivity index (χ3v) is 6.35. The van der Waals surface area contributed by atoms with Gasteiger partial charge in [0.05, 0.1) is 17.6 Å². The highest BCUT2D eigenvalue weighted by Gasteiger charge is 2.30. The zero-order chi connectivity index (χ0) is 19.8. The third kappa shape index (κ3) is 3.57. The molecule has 6 nitrogen and oxygen atoms in total. The summed E-state index contributed by atoms with van der Waals surface area (Å²) in [5, 5.41) is 0. The van der Waals surface area contributed by atoms with Crippen molar-refractivity contribution in [3.63, 3.8) is 0 Å². The summed E-state index contributed by atoms with van der Waals surface area (Å²) >= 11 is 0. The Balaban J connectivity index is 1.30. The highest BCUT2D eigenvalue weighted by molar-refractivity contribution is 5.91. The lowest BCUT2D eigenvalue weighted by atomic mass is 9.97. The average Bonchev–Trinajstić information content (AvgIpc) is 3.50. The summed E-state index contributed by atoms with van der Waals surface area (Å²) in [6, 6.07) is 12.0. The molecular formula is C23H28N4O2. The van der Waals surface area contributed by atoms with Crippen LogP contribution in [-0.4, -0.2) is 51.4 Å². The molecule has 2 aliphatic rings. The first kappa shape index (κ1) is 18.4. The lowest BCUT2D eigenvalue weighted by molar-refractivity contribution is 0.0668. The van der Waals surface area contributed by atoms with Gasteiger partial charge in [0.2, 0.25) is 0 Å². The number of para-hydroxylation sites is 2. The Morgan fingerprint density at radius 2 is 1.93 bits per heavy atom. The van der Waals surface area contributed by atoms with Crippen LogP contribution < -0.4 is 0 Å². The summed E-state index contributed by atoms with van der Waals surface area (Å²) in [7, 11) is 2.07. The van der Waals surface area contributed by atoms with Crippen LogP contribution in [0.5, 0.6) is 0 Å². The summed E-state index contributed by atoms with van der Waals surface area (Å²) in [4.78, 5) is 22.3. The number of benzene rings is 1. The minimum absolute atomic E-state index is 0.00105. The van der Waals surface area contributed by atoms with Crippen molar-refractivity contribution in [2.75, 3.05) is 26.2 Å². The molecule has 0 spiro atoms. The molecular weight excluding hydrogens is 364 g/mol. The quantitative estimate of drug-likeness (QED) is 0.678. The first-order valence-electron chi connectivity index (χ1n) is 10.7. The number of furan rings is 1. The van der Waals surface area contributed by atoms with Gasteiger partial charge in [-0.2, -0.15) is 0 Å². The maximum absolute atomic E-state index is 13.1. The fourth-order valence-corrected chi connectivity index (χ4v) is 4.80. The smallest absolute Gasteiger partial charge is 0.289 e. The molecule has 0 aliphatic carbocycles. The van der Waals surface area contributed by atoms with E-state index >= 15 is 0 Å². The van der Waals surface area contributed by atoms with Crippen molar-refractivity contribution >= 4 is 16.9 Å². The van der Waals surface area contributed by atoms with E-state index in [0.29, 0.717) is 12.3 Å². The molecule has 2 fully saturated rings. The zero-order valence-corrected chi connectivity index (χ0v) is 17.0. The largest absolute Gasteiger partial charge is 0.455 e. The maximum Gasteiger partial charge on any atom is 0.289 e. The van der Waals surface area contributed by atoms with Gasteiger partial charge in [0.1, 0.15) is 11.6 Å². The normalized spacial score (nSPS) is 20.6. The maximum atomic E-state index is 13.1. The van der Waals surface area contributed by atoms with E-state index in [2.05, 4.69) is 28.6 Å². The topological polar surface area (TPSA) is 54.5 Å². The predicted octanol–water partition coefficient (Wildman–Crippen LogP) is 3.78. The molecule has 1 unspecified atom stereocenters. The SMILES string of the molecule is Cn1c(C2CCCN(C(=O)c3ccc(CN4CCCC4)o3)C2)nc2ccccc21. The molecule has 6 heteroatoms. The van der Waals surface area contributed by atoms with Gasteiger partial charge in [-0.3, -0.25) is 9.69 Å². The Morgan fingerprint density at radius 1 is 1.10 bits per heavy atom. The number of nitrogens with zero attached hydrogens (tertiary/aromatic N) is 4. The molecule has 2 aromatic heterocycles. The van der Waals surface area contributed by atoms with Gasteiger partial charge < -0.3 is 13.9 Å². The van der Waals surface area contributed by atoms with Crippen molar-refractivity contribution in [3.05, 3.63) is 53.7 Å². The van der Waals surface area contributed by atoms with Crippen LogP contribution in [0.2, 0.25) is 0 Å². The highest BCUT2D eigenvalue weighted by Crippen LogP contribution is 2.29. The lowest BCUT2D eigenvalue weighted by Crippen LogP contribution is -2.39. The summed E-state index contributed by atoms with van der Waals surface area (Å²) < 4.78 is 8.10. The van der Waals surface area contributed by atoms with Crippen LogP contribution in [0.25, 0.3) is 11.0 Å². The second-order valence-electron chi connectivity index (χ2n) is 8.36. The van der Waals surface area contributed by atoms with Gasteiger partial charge in [0.15, 0.2) is 5.76 Å². The van der Waals surface area contributed by atoms with Crippen molar-refractivity contribution < 1.29 is 9.21 Å². The second kappa shape index (κ2) is 7.67. The van der Waals surface area contributed by atoms with Gasteiger partial charge in [-0.25, -0.2) is 4.98 Å². The summed E-state index contributed by atoms with van der Waals surface area (Å²) in [5.41, 5.74) is 2.16. The van der Waals surface area contributed by atoms with E-state index in [0.717, 1.165) is 61.6 Å². The molecule has 5 rings (SSSR count). The molecule has 2 saturated heterocycles. The number of piperidine rings is 1. The van der Waals surface area contributed by atoms with Gasteiger partial charge in [-0.05, 0) is 63.0 Å². The van der Waals surface area contributed by atoms with Gasteiger partial charge in [-0.1, -0.05) is 12.1 Å². The van der Waals surface area contributed by atoms with E-state index in [1.54, 1.807) is 0 Å². The first-order valence-corrected chi connectivity index (χ1v) is 10.7. The fraction of sp³-hybridized carbons (Fsp3) is 0.478. The standard InChI is InChI=1S/C23H28N4O2/c1-25-20-9-3-2-8-19(20)24-22(25)17-7-6-14-27(15-17)23(28)21-11-10-18(29-21)16-26-12-4-5-13-26/h2-3,8-11,17H,4-7,12-16H2,1H3. The summed E-state index contributed by atoms with van der Waals surface area (Å²) in [6.07, 6.45) is 4.55. The number of carbonyl (C=O) groups is 1. The Kier molecular flexibility index (Phi) is 4.87. The van der Waals surface area contributed by atoms with Crippen LogP contribution in [0.15, 0.2) is 40.8 Å². The number of carbonyl (C=O) groups excluding carboxylic acids is 1. The number of likely N-dealkylation sites (tertiary alicyclic amines) is 2. The molecule has 29 heavy (non-hydrogen) atoms. The van der Waals surface area contributed by atoms with Crippen LogP contribution in [0.4, 0.5) is 0 Å². The highest BCUT2D eigenvalue weighted by atomic mass is 16.4. The molecule has 0 bridgehead atoms. The number of aromatic nitrogens is 2. The molecule has 2 aliphatic heterocycles. The summed E-state index contributed by atoms with van der Waals surface area (Å²) in [5.74, 6) is 2.67. The lowest BCUT2D eigenvalue weighted by Gasteiger charge is -2.32. The molecule has 1 atom stereocenters. The number of rotatable bonds is 4. The van der Waals surface area contributed by atoms with E-state index in [9.17, 15) is 4.79 Å². The molecule has 0 N–H and O–H groups in total. The van der Waals surface area contributed by atoms with E-state index in [1.165, 1.54) is 12.8 Å². The Labute approximate surface area is 171 Å². The number of imidazole rings is 1. The van der Waals surface area contributed by atoms with Crippen LogP contribution in [-0.2, 0) is 13.6 Å². The number of aryl methyl sites for hydroxylation is 1. The molecule has 1 amide bonds. The van der Waals surface area contributed by atoms with Gasteiger partial charge in [0.25, 0.3) is 5.91 Å². The van der Waals surface area contributed by atoms with Crippen molar-refractivity contribution in [1.82, 2.24) is 19.4 Å². The van der Waals surface area contributed by atoms with E-state index in [1.807, 2.05) is 29.2 Å². The second-order valence-corrected chi connectivity index (χ2v) is 8.36. The Hall–Kier alpha value is -2.60. The van der Waals surface area contributed by atoms with Gasteiger partial charge in [-0.15, -0.1) is 0 Å². The molecule has 152 valence electrons. The Bertz CT molecular complexity index is 1010. The number of hydrogen-bond acceptors (Lipinski definition) is 4. The van der Waals surface area contributed by atoms with Gasteiger partial charge in [0, 0.05) is 26.1 Å². The van der Waals surface area contributed by atoms with Gasteiger partial charge >= 0.3 is 0 Å². The monoisotopic (exact) mass is 392 g/mol. The Morgan fingerprint density at radius 3 is 2.76 bits per heavy atom. The zero-order valence-electron chi connectivity index (χ0n) is 17.0. The minimum Gasteiger partial charge on any atom is -0.455 e. The van der Waals surface area contributed by atoms with Crippen LogP contribution in [0.1, 0.15) is 53.7 Å².